The number of methoxy groups -OCH3 is 1. The molecule has 0 aliphatic carbocycles. The van der Waals surface area contributed by atoms with Gasteiger partial charge in [0, 0.05) is 12.7 Å². The predicted octanol–water partition coefficient (Wildman–Crippen LogP) is -1.71. The number of esters is 2. The molecule has 0 unspecified atom stereocenters. The molecular weight excluding hydrogens is 410 g/mol. The lowest BCUT2D eigenvalue weighted by Gasteiger charge is -2.16. The van der Waals surface area contributed by atoms with Crippen molar-refractivity contribution in [3.05, 3.63) is 20.2 Å². The lowest BCUT2D eigenvalue weighted by Crippen LogP contribution is -2.42. The lowest BCUT2D eigenvalue weighted by atomic mass is 10.3. The van der Waals surface area contributed by atoms with E-state index in [1.165, 1.54) is 6.92 Å². The van der Waals surface area contributed by atoms with Gasteiger partial charge in [-0.1, -0.05) is 0 Å². The monoisotopic (exact) mass is 427 g/mol. The van der Waals surface area contributed by atoms with Crippen molar-refractivity contribution < 1.29 is 48.5 Å². The van der Waals surface area contributed by atoms with Crippen LogP contribution in [0.15, 0.2) is 0 Å². The molecule has 0 rings (SSSR count). The smallest absolute Gasteiger partial charge is 0.375 e. The fourth-order valence-electron chi connectivity index (χ4n) is 1.51. The maximum atomic E-state index is 11.7. The van der Waals surface area contributed by atoms with Gasteiger partial charge in [0.1, 0.15) is 25.4 Å². The zero-order valence-electron chi connectivity index (χ0n) is 14.7. The van der Waals surface area contributed by atoms with Gasteiger partial charge in [0.2, 0.25) is 11.7 Å². The third kappa shape index (κ3) is 11.4. The number of hydrogen-bond acceptors (Lipinski definition) is 13. The first-order valence-electron chi connectivity index (χ1n) is 7.27. The van der Waals surface area contributed by atoms with E-state index < -0.39 is 64.9 Å². The van der Waals surface area contributed by atoms with Gasteiger partial charge < -0.3 is 24.5 Å². The number of nitrogens with one attached hydrogen (secondary N) is 1. The van der Waals surface area contributed by atoms with E-state index in [1.54, 1.807) is 0 Å². The van der Waals surface area contributed by atoms with E-state index >= 15 is 0 Å². The van der Waals surface area contributed by atoms with Crippen LogP contribution in [0.2, 0.25) is 0 Å². The number of amides is 1. The molecule has 0 aliphatic heterocycles. The van der Waals surface area contributed by atoms with Crippen molar-refractivity contribution in [2.75, 3.05) is 31.8 Å². The highest BCUT2D eigenvalue weighted by Crippen LogP contribution is 2.07. The van der Waals surface area contributed by atoms with Crippen molar-refractivity contribution in [3.63, 3.8) is 0 Å². The van der Waals surface area contributed by atoms with E-state index in [1.807, 2.05) is 0 Å². The van der Waals surface area contributed by atoms with Gasteiger partial charge in [-0.3, -0.25) is 9.59 Å². The Balaban J connectivity index is 4.60. The number of thioether (sulfide) groups is 1. The maximum absolute atomic E-state index is 11.7. The minimum atomic E-state index is -1.58. The summed E-state index contributed by atoms with van der Waals surface area (Å²) in [6.45, 7) is -0.608. The first-order valence-corrected chi connectivity index (χ1v) is 8.43. The Hall–Kier alpha value is -3.17. The van der Waals surface area contributed by atoms with E-state index in [4.69, 9.17) is 0 Å². The minimum absolute atomic E-state index is 0.0937. The van der Waals surface area contributed by atoms with Crippen molar-refractivity contribution in [1.29, 1.82) is 0 Å². The van der Waals surface area contributed by atoms with Crippen LogP contribution in [0.3, 0.4) is 0 Å². The van der Waals surface area contributed by atoms with Crippen LogP contribution in [0.5, 0.6) is 0 Å². The predicted molar refractivity (Wildman–Crippen MR) is 87.7 cm³/mol. The van der Waals surface area contributed by atoms with E-state index in [9.17, 15) is 39.4 Å². The number of carbonyl (C=O) groups excluding carboxylic acids is 4. The Morgan fingerprint density at radius 2 is 1.61 bits per heavy atom. The SMILES string of the molecule is COC(=O)[C@H](CSCC(=O)C(=O)OC(CO[N+](=O)[O-])CO[N+](=O)[O-])NC(C)=O. The molecule has 0 spiro atoms. The van der Waals surface area contributed by atoms with Crippen LogP contribution >= 0.6 is 11.8 Å². The quantitative estimate of drug-likeness (QED) is 0.142. The first kappa shape index (κ1) is 24.8. The van der Waals surface area contributed by atoms with Crippen molar-refractivity contribution >= 4 is 35.4 Å². The Morgan fingerprint density at radius 3 is 2.04 bits per heavy atom. The summed E-state index contributed by atoms with van der Waals surface area (Å²) in [4.78, 5) is 74.1. The second-order valence-corrected chi connectivity index (χ2v) is 5.81. The summed E-state index contributed by atoms with van der Waals surface area (Å²) >= 11 is 0.802. The summed E-state index contributed by atoms with van der Waals surface area (Å²) in [5.41, 5.74) is 0. The first-order chi connectivity index (χ1) is 13.1. The van der Waals surface area contributed by atoms with Crippen LogP contribution in [0, 0.1) is 20.2 Å². The van der Waals surface area contributed by atoms with Gasteiger partial charge in [-0.25, -0.2) is 9.59 Å². The molecule has 16 heteroatoms. The van der Waals surface area contributed by atoms with Gasteiger partial charge in [0.15, 0.2) is 0 Å². The maximum Gasteiger partial charge on any atom is 0.375 e. The van der Waals surface area contributed by atoms with Gasteiger partial charge in [0.05, 0.1) is 12.9 Å². The molecule has 0 radical (unpaired) electrons. The van der Waals surface area contributed by atoms with Crippen LogP contribution in [0.1, 0.15) is 6.92 Å². The fourth-order valence-corrected chi connectivity index (χ4v) is 2.38. The van der Waals surface area contributed by atoms with Crippen LogP contribution in [0.25, 0.3) is 0 Å². The van der Waals surface area contributed by atoms with Crippen molar-refractivity contribution in [2.24, 2.45) is 0 Å². The normalized spacial score (nSPS) is 11.1. The van der Waals surface area contributed by atoms with E-state index in [2.05, 4.69) is 24.5 Å². The lowest BCUT2D eigenvalue weighted by molar-refractivity contribution is -0.768. The second-order valence-electron chi connectivity index (χ2n) is 4.78. The molecule has 1 atom stereocenters. The molecule has 0 fully saturated rings. The number of hydrogen-bond donors (Lipinski definition) is 1. The Kier molecular flexibility index (Phi) is 11.6. The van der Waals surface area contributed by atoms with Gasteiger partial charge in [-0.2, -0.15) is 11.8 Å². The molecule has 158 valence electrons. The second kappa shape index (κ2) is 13.1. The highest BCUT2D eigenvalue weighted by molar-refractivity contribution is 8.00. The zero-order valence-corrected chi connectivity index (χ0v) is 15.5. The van der Waals surface area contributed by atoms with Crippen LogP contribution in [0.4, 0.5) is 0 Å². The Labute approximate surface area is 161 Å². The Bertz CT molecular complexity index is 595. The summed E-state index contributed by atoms with van der Waals surface area (Å²) in [7, 11) is 1.10. The van der Waals surface area contributed by atoms with Crippen molar-refractivity contribution in [1.82, 2.24) is 5.32 Å². The number of nitrogens with zero attached hydrogens (tertiary/aromatic N) is 2. The standard InChI is InChI=1S/C12H17N3O12S/c1-7(16)13-9(11(18)24-2)5-28-6-10(17)12(19)27-8(3-25-14(20)21)4-26-15(22)23/h8-9H,3-6H2,1-2H3,(H,13,16)/t9-/m0/s1. The molecule has 0 saturated carbocycles. The number of ether oxygens (including phenoxy) is 2. The molecule has 0 aromatic carbocycles. The van der Waals surface area contributed by atoms with Crippen molar-refractivity contribution in [3.8, 4) is 0 Å². The van der Waals surface area contributed by atoms with E-state index in [-0.39, 0.29) is 5.75 Å². The third-order valence-electron chi connectivity index (χ3n) is 2.61. The largest absolute Gasteiger partial charge is 0.467 e. The summed E-state index contributed by atoms with van der Waals surface area (Å²) in [6, 6.07) is -1.05. The average molecular weight is 427 g/mol. The molecule has 0 bridgehead atoms. The van der Waals surface area contributed by atoms with Gasteiger partial charge in [-0.05, 0) is 0 Å². The molecular formula is C12H17N3O12S. The van der Waals surface area contributed by atoms with Gasteiger partial charge in [-0.15, -0.1) is 20.2 Å². The Morgan fingerprint density at radius 1 is 1.07 bits per heavy atom. The van der Waals surface area contributed by atoms with Gasteiger partial charge in [0.25, 0.3) is 10.2 Å². The van der Waals surface area contributed by atoms with Crippen LogP contribution < -0.4 is 5.32 Å². The molecule has 0 aromatic heterocycles. The highest BCUT2D eigenvalue weighted by Gasteiger charge is 2.25. The molecule has 28 heavy (non-hydrogen) atoms. The molecule has 0 heterocycles. The molecule has 15 nitrogen and oxygen atoms in total. The van der Waals surface area contributed by atoms with Crippen LogP contribution in [-0.2, 0) is 38.3 Å². The summed E-state index contributed by atoms with van der Waals surface area (Å²) in [6.07, 6.45) is -1.58. The highest BCUT2D eigenvalue weighted by atomic mass is 32.2. The number of ketones is 1. The number of Topliss-reactive ketones (excluding diaryl/α,β-unsaturated/α-hetero) is 1. The summed E-state index contributed by atoms with van der Waals surface area (Å²) < 4.78 is 9.06. The molecule has 0 aromatic rings. The van der Waals surface area contributed by atoms with Crippen LogP contribution in [-0.4, -0.2) is 77.8 Å². The minimum Gasteiger partial charge on any atom is -0.467 e. The van der Waals surface area contributed by atoms with Gasteiger partial charge >= 0.3 is 11.9 Å². The third-order valence-corrected chi connectivity index (χ3v) is 3.65. The fraction of sp³-hybridized carbons (Fsp3) is 0.667. The van der Waals surface area contributed by atoms with Crippen molar-refractivity contribution in [2.45, 2.75) is 19.1 Å². The molecule has 1 amide bonds. The molecule has 0 aliphatic rings. The number of carbonyl (C=O) groups is 4. The van der Waals surface area contributed by atoms with E-state index in [0.717, 1.165) is 18.9 Å². The average Bonchev–Trinajstić information content (AvgIpc) is 2.61. The zero-order chi connectivity index (χ0) is 21.7. The molecule has 1 N–H and O–H groups in total. The summed E-state index contributed by atoms with van der Waals surface area (Å²) in [5, 5.41) is 20.2. The van der Waals surface area contributed by atoms with E-state index in [0.29, 0.717) is 0 Å². The topological polar surface area (TPSA) is 204 Å². The summed E-state index contributed by atoms with van der Waals surface area (Å²) in [5.74, 6) is -4.36. The molecule has 0 saturated heterocycles. The number of rotatable bonds is 14.